The lowest BCUT2D eigenvalue weighted by Gasteiger charge is -2.21. The predicted octanol–water partition coefficient (Wildman–Crippen LogP) is 3.68. The third-order valence-corrected chi connectivity index (χ3v) is 4.33. The zero-order chi connectivity index (χ0) is 18.6. The highest BCUT2D eigenvalue weighted by Crippen LogP contribution is 2.32. The lowest BCUT2D eigenvalue weighted by Crippen LogP contribution is -2.20. The van der Waals surface area contributed by atoms with Crippen LogP contribution in [0.1, 0.15) is 18.1 Å². The molecule has 0 unspecified atom stereocenters. The predicted molar refractivity (Wildman–Crippen MR) is 104 cm³/mol. The Bertz CT molecular complexity index is 947. The molecule has 7 nitrogen and oxygen atoms in total. The molecule has 1 aliphatic rings. The number of fused-ring (bicyclic) bond motifs is 1. The van der Waals surface area contributed by atoms with Gasteiger partial charge < -0.3 is 19.7 Å². The molecule has 7 heteroatoms. The van der Waals surface area contributed by atoms with Crippen molar-refractivity contribution in [3.05, 3.63) is 59.8 Å². The molecule has 138 valence electrons. The van der Waals surface area contributed by atoms with Crippen molar-refractivity contribution in [3.8, 4) is 11.5 Å². The van der Waals surface area contributed by atoms with Crippen LogP contribution in [0.3, 0.4) is 0 Å². The highest BCUT2D eigenvalue weighted by atomic mass is 16.7. The smallest absolute Gasteiger partial charge is 0.251 e. The molecule has 0 spiro atoms. The van der Waals surface area contributed by atoms with Gasteiger partial charge in [0.2, 0.25) is 6.79 Å². The fourth-order valence-electron chi connectivity index (χ4n) is 2.97. The summed E-state index contributed by atoms with van der Waals surface area (Å²) < 4.78 is 10.8. The first-order chi connectivity index (χ1) is 13.2. The summed E-state index contributed by atoms with van der Waals surface area (Å²) in [6.45, 7) is 5.76. The Balaban J connectivity index is 1.50. The van der Waals surface area contributed by atoms with E-state index in [2.05, 4.69) is 46.5 Å². The van der Waals surface area contributed by atoms with Crippen LogP contribution >= 0.6 is 0 Å². The molecule has 27 heavy (non-hydrogen) atoms. The molecule has 0 fully saturated rings. The normalized spacial score (nSPS) is 12.1. The van der Waals surface area contributed by atoms with E-state index in [1.54, 1.807) is 6.20 Å². The van der Waals surface area contributed by atoms with Crippen LogP contribution in [0.25, 0.3) is 0 Å². The molecule has 1 aromatic heterocycles. The minimum Gasteiger partial charge on any atom is -0.454 e. The van der Waals surface area contributed by atoms with Gasteiger partial charge in [0.1, 0.15) is 0 Å². The van der Waals surface area contributed by atoms with Gasteiger partial charge >= 0.3 is 0 Å². The molecule has 0 bridgehead atoms. The molecule has 4 rings (SSSR count). The molecule has 0 aliphatic carbocycles. The number of ether oxygens (including phenoxy) is 2. The Labute approximate surface area is 158 Å². The van der Waals surface area contributed by atoms with Gasteiger partial charge in [-0.2, -0.15) is 10.1 Å². The van der Waals surface area contributed by atoms with Crippen LogP contribution in [0.15, 0.2) is 48.7 Å². The van der Waals surface area contributed by atoms with Crippen LogP contribution in [-0.2, 0) is 6.54 Å². The van der Waals surface area contributed by atoms with E-state index < -0.39 is 0 Å². The van der Waals surface area contributed by atoms with Gasteiger partial charge in [-0.05, 0) is 49.2 Å². The van der Waals surface area contributed by atoms with Crippen LogP contribution in [0, 0.1) is 6.92 Å². The van der Waals surface area contributed by atoms with E-state index in [0.29, 0.717) is 18.3 Å². The minimum absolute atomic E-state index is 0.275. The Kier molecular flexibility index (Phi) is 4.74. The van der Waals surface area contributed by atoms with E-state index in [9.17, 15) is 0 Å². The summed E-state index contributed by atoms with van der Waals surface area (Å²) in [6.07, 6.45) is 1.63. The van der Waals surface area contributed by atoms with Gasteiger partial charge in [0.15, 0.2) is 17.3 Å². The second-order valence-electron chi connectivity index (χ2n) is 6.27. The number of nitrogens with one attached hydrogen (secondary N) is 1. The van der Waals surface area contributed by atoms with Gasteiger partial charge in [-0.1, -0.05) is 18.2 Å². The zero-order valence-electron chi connectivity index (χ0n) is 15.3. The molecule has 0 radical (unpaired) electrons. The number of benzene rings is 2. The lowest BCUT2D eigenvalue weighted by atomic mass is 10.2. The first kappa shape index (κ1) is 17.1. The van der Waals surface area contributed by atoms with E-state index in [-0.39, 0.29) is 6.79 Å². The molecule has 2 aromatic carbocycles. The SMILES string of the molecule is CCN(c1cccc(C)c1)c1nncc(NCc2ccc3c(c2)OCO3)n1. The molecule has 0 saturated heterocycles. The number of hydrogen-bond donors (Lipinski definition) is 1. The van der Waals surface area contributed by atoms with Gasteiger partial charge in [-0.25, -0.2) is 0 Å². The van der Waals surface area contributed by atoms with Crippen LogP contribution in [-0.4, -0.2) is 28.5 Å². The van der Waals surface area contributed by atoms with Crippen molar-refractivity contribution in [2.24, 2.45) is 0 Å². The molecule has 2 heterocycles. The summed E-state index contributed by atoms with van der Waals surface area (Å²) in [4.78, 5) is 6.66. The third-order valence-electron chi connectivity index (χ3n) is 4.33. The maximum Gasteiger partial charge on any atom is 0.251 e. The van der Waals surface area contributed by atoms with E-state index in [1.165, 1.54) is 5.56 Å². The Hall–Kier alpha value is -3.35. The Morgan fingerprint density at radius 2 is 2.00 bits per heavy atom. The van der Waals surface area contributed by atoms with Gasteiger partial charge in [-0.15, -0.1) is 5.10 Å². The first-order valence-electron chi connectivity index (χ1n) is 8.89. The van der Waals surface area contributed by atoms with E-state index in [1.807, 2.05) is 35.2 Å². The molecule has 1 aliphatic heterocycles. The molecule has 0 saturated carbocycles. The fraction of sp³-hybridized carbons (Fsp3) is 0.250. The van der Waals surface area contributed by atoms with E-state index >= 15 is 0 Å². The second-order valence-corrected chi connectivity index (χ2v) is 6.27. The van der Waals surface area contributed by atoms with Crippen molar-refractivity contribution in [1.82, 2.24) is 15.2 Å². The van der Waals surface area contributed by atoms with Crippen molar-refractivity contribution < 1.29 is 9.47 Å². The Morgan fingerprint density at radius 1 is 1.11 bits per heavy atom. The highest BCUT2D eigenvalue weighted by Gasteiger charge is 2.14. The third kappa shape index (κ3) is 3.76. The summed E-state index contributed by atoms with van der Waals surface area (Å²) in [7, 11) is 0. The topological polar surface area (TPSA) is 72.4 Å². The largest absolute Gasteiger partial charge is 0.454 e. The summed E-state index contributed by atoms with van der Waals surface area (Å²) in [5.41, 5.74) is 3.31. The number of nitrogens with zero attached hydrogens (tertiary/aromatic N) is 4. The first-order valence-corrected chi connectivity index (χ1v) is 8.89. The van der Waals surface area contributed by atoms with Crippen molar-refractivity contribution in [2.45, 2.75) is 20.4 Å². The maximum absolute atomic E-state index is 5.42. The average molecular weight is 363 g/mol. The summed E-state index contributed by atoms with van der Waals surface area (Å²) in [5, 5.41) is 11.6. The van der Waals surface area contributed by atoms with Crippen LogP contribution in [0.2, 0.25) is 0 Å². The molecule has 0 amide bonds. The van der Waals surface area contributed by atoms with Crippen molar-refractivity contribution >= 4 is 17.5 Å². The second kappa shape index (κ2) is 7.49. The molecule has 1 N–H and O–H groups in total. The van der Waals surface area contributed by atoms with Crippen molar-refractivity contribution in [3.63, 3.8) is 0 Å². The molecule has 3 aromatic rings. The highest BCUT2D eigenvalue weighted by molar-refractivity contribution is 5.58. The number of anilines is 3. The summed E-state index contributed by atoms with van der Waals surface area (Å²) in [5.74, 6) is 2.79. The molecular weight excluding hydrogens is 342 g/mol. The summed E-state index contributed by atoms with van der Waals surface area (Å²) >= 11 is 0. The van der Waals surface area contributed by atoms with Crippen LogP contribution < -0.4 is 19.7 Å². The summed E-state index contributed by atoms with van der Waals surface area (Å²) in [6, 6.07) is 14.1. The lowest BCUT2D eigenvalue weighted by molar-refractivity contribution is 0.174. The van der Waals surface area contributed by atoms with E-state index in [0.717, 1.165) is 29.3 Å². The molecular formula is C20H21N5O2. The number of aromatic nitrogens is 3. The monoisotopic (exact) mass is 363 g/mol. The van der Waals surface area contributed by atoms with Gasteiger partial charge in [0.05, 0.1) is 6.20 Å². The van der Waals surface area contributed by atoms with Crippen molar-refractivity contribution in [2.75, 3.05) is 23.6 Å². The average Bonchev–Trinajstić information content (AvgIpc) is 3.15. The van der Waals surface area contributed by atoms with E-state index in [4.69, 9.17) is 9.47 Å². The quantitative estimate of drug-likeness (QED) is 0.716. The van der Waals surface area contributed by atoms with Gasteiger partial charge in [-0.3, -0.25) is 0 Å². The fourth-order valence-corrected chi connectivity index (χ4v) is 2.97. The van der Waals surface area contributed by atoms with Gasteiger partial charge in [0.25, 0.3) is 5.95 Å². The molecule has 0 atom stereocenters. The standard InChI is InChI=1S/C20H21N5O2/c1-3-25(16-6-4-5-14(2)9-16)20-23-19(12-22-24-20)21-11-15-7-8-17-18(10-15)27-13-26-17/h4-10,12H,3,11,13H2,1-2H3,(H,21,23,24). The number of aryl methyl sites for hydroxylation is 1. The zero-order valence-corrected chi connectivity index (χ0v) is 15.3. The number of rotatable bonds is 6. The van der Waals surface area contributed by atoms with Crippen LogP contribution in [0.5, 0.6) is 11.5 Å². The van der Waals surface area contributed by atoms with Crippen molar-refractivity contribution in [1.29, 1.82) is 0 Å². The maximum atomic E-state index is 5.42. The minimum atomic E-state index is 0.275. The van der Waals surface area contributed by atoms with Gasteiger partial charge in [0, 0.05) is 18.8 Å². The van der Waals surface area contributed by atoms with Crippen LogP contribution in [0.4, 0.5) is 17.5 Å². The Morgan fingerprint density at radius 3 is 2.85 bits per heavy atom. The number of hydrogen-bond acceptors (Lipinski definition) is 7.